The Hall–Kier alpha value is -5.16. The maximum atomic E-state index is 12.6. The van der Waals surface area contributed by atoms with Crippen molar-refractivity contribution < 1.29 is 9.59 Å². The van der Waals surface area contributed by atoms with E-state index in [4.69, 9.17) is 0 Å². The van der Waals surface area contributed by atoms with Crippen LogP contribution in [0.3, 0.4) is 0 Å². The van der Waals surface area contributed by atoms with Crippen LogP contribution in [0.5, 0.6) is 0 Å². The van der Waals surface area contributed by atoms with Crippen LogP contribution in [0.15, 0.2) is 91.5 Å². The molecule has 3 heterocycles. The molecular formula is C34H34N6O2. The van der Waals surface area contributed by atoms with Gasteiger partial charge in [-0.15, -0.1) is 0 Å². The lowest BCUT2D eigenvalue weighted by Gasteiger charge is -2.31. The van der Waals surface area contributed by atoms with E-state index in [0.717, 1.165) is 53.7 Å². The monoisotopic (exact) mass is 558 g/mol. The molecule has 1 fully saturated rings. The zero-order valence-corrected chi connectivity index (χ0v) is 23.6. The van der Waals surface area contributed by atoms with Gasteiger partial charge < -0.3 is 20.9 Å². The number of carbonyl (C=O) groups is 2. The molecule has 8 heteroatoms. The lowest BCUT2D eigenvalue weighted by atomic mass is 9.89. The smallest absolute Gasteiger partial charge is 0.319 e. The summed E-state index contributed by atoms with van der Waals surface area (Å²) >= 11 is 0. The molecule has 5 rings (SSSR count). The van der Waals surface area contributed by atoms with Crippen molar-refractivity contribution in [2.75, 3.05) is 32.0 Å². The minimum atomic E-state index is -0.272. The molecule has 0 spiro atoms. The zero-order valence-electron chi connectivity index (χ0n) is 23.6. The van der Waals surface area contributed by atoms with Crippen molar-refractivity contribution in [1.29, 1.82) is 0 Å². The summed E-state index contributed by atoms with van der Waals surface area (Å²) in [5.41, 5.74) is 6.68. The molecule has 0 bridgehead atoms. The number of hydrogen-bond donors (Lipinski definition) is 3. The van der Waals surface area contributed by atoms with Crippen LogP contribution >= 0.6 is 0 Å². The molecule has 0 unspecified atom stereocenters. The highest BCUT2D eigenvalue weighted by atomic mass is 16.2. The third-order valence-electron chi connectivity index (χ3n) is 7.41. The number of carbonyl (C=O) groups excluding carboxylic acids is 2. The Labute approximate surface area is 246 Å². The van der Waals surface area contributed by atoms with Crippen molar-refractivity contribution in [2.24, 2.45) is 0 Å². The van der Waals surface area contributed by atoms with E-state index in [0.29, 0.717) is 24.6 Å². The molecule has 1 saturated heterocycles. The lowest BCUT2D eigenvalue weighted by Crippen LogP contribution is -2.42. The quantitative estimate of drug-likeness (QED) is 0.275. The minimum Gasteiger partial charge on any atom is -0.341 e. The summed E-state index contributed by atoms with van der Waals surface area (Å²) in [5.74, 6) is 7.07. The van der Waals surface area contributed by atoms with Gasteiger partial charge >= 0.3 is 12.1 Å². The molecule has 8 nitrogen and oxygen atoms in total. The number of likely N-dealkylation sites (tertiary alicyclic amines) is 1. The fourth-order valence-electron chi connectivity index (χ4n) is 5.10. The Morgan fingerprint density at radius 2 is 1.71 bits per heavy atom. The number of piperidine rings is 1. The van der Waals surface area contributed by atoms with Gasteiger partial charge in [0.2, 0.25) is 0 Å². The maximum absolute atomic E-state index is 12.6. The summed E-state index contributed by atoms with van der Waals surface area (Å²) in [7, 11) is 1.67. The SMILES string of the molecule is CNC(=O)N1CCC(c2ccc(C#Cc3cc(NC(=O)NCCc4cccnc4)ccc3-c3ccncc3)cc2)CC1. The first-order valence-corrected chi connectivity index (χ1v) is 14.2. The van der Waals surface area contributed by atoms with Gasteiger partial charge in [0.1, 0.15) is 0 Å². The molecule has 0 saturated carbocycles. The summed E-state index contributed by atoms with van der Waals surface area (Å²) in [5, 5.41) is 8.54. The predicted molar refractivity (Wildman–Crippen MR) is 165 cm³/mol. The van der Waals surface area contributed by atoms with Crippen molar-refractivity contribution in [2.45, 2.75) is 25.2 Å². The van der Waals surface area contributed by atoms with E-state index in [9.17, 15) is 9.59 Å². The lowest BCUT2D eigenvalue weighted by molar-refractivity contribution is 0.183. The minimum absolute atomic E-state index is 0.00840. The molecule has 0 atom stereocenters. The van der Waals surface area contributed by atoms with E-state index in [1.54, 1.807) is 31.8 Å². The number of nitrogens with one attached hydrogen (secondary N) is 3. The number of nitrogens with zero attached hydrogens (tertiary/aromatic N) is 3. The van der Waals surface area contributed by atoms with Crippen LogP contribution in [-0.4, -0.2) is 53.6 Å². The van der Waals surface area contributed by atoms with Gasteiger partial charge in [-0.25, -0.2) is 9.59 Å². The Morgan fingerprint density at radius 3 is 2.43 bits per heavy atom. The molecule has 1 aliphatic heterocycles. The highest BCUT2D eigenvalue weighted by Gasteiger charge is 2.23. The molecule has 212 valence electrons. The second-order valence-electron chi connectivity index (χ2n) is 10.2. The average Bonchev–Trinajstić information content (AvgIpc) is 3.05. The predicted octanol–water partition coefficient (Wildman–Crippen LogP) is 5.43. The first kappa shape index (κ1) is 28.4. The Kier molecular flexibility index (Phi) is 9.42. The molecule has 4 aromatic rings. The van der Waals surface area contributed by atoms with E-state index in [-0.39, 0.29) is 12.1 Å². The van der Waals surface area contributed by atoms with Gasteiger partial charge in [-0.1, -0.05) is 36.1 Å². The Bertz CT molecular complexity index is 1550. The van der Waals surface area contributed by atoms with Crippen LogP contribution in [0.1, 0.15) is 41.0 Å². The first-order chi connectivity index (χ1) is 20.6. The largest absolute Gasteiger partial charge is 0.341 e. The fourth-order valence-corrected chi connectivity index (χ4v) is 5.10. The van der Waals surface area contributed by atoms with Gasteiger partial charge in [-0.05, 0) is 89.9 Å². The van der Waals surface area contributed by atoms with Crippen LogP contribution in [0, 0.1) is 11.8 Å². The van der Waals surface area contributed by atoms with Crippen molar-refractivity contribution >= 4 is 17.7 Å². The van der Waals surface area contributed by atoms with E-state index >= 15 is 0 Å². The molecule has 2 aromatic heterocycles. The highest BCUT2D eigenvalue weighted by Crippen LogP contribution is 2.29. The van der Waals surface area contributed by atoms with Crippen LogP contribution in [0.4, 0.5) is 15.3 Å². The molecule has 42 heavy (non-hydrogen) atoms. The number of hydrogen-bond acceptors (Lipinski definition) is 4. The van der Waals surface area contributed by atoms with Crippen molar-refractivity contribution in [3.63, 3.8) is 0 Å². The summed E-state index contributed by atoms with van der Waals surface area (Å²) in [4.78, 5) is 34.6. The zero-order chi connectivity index (χ0) is 29.1. The number of rotatable bonds is 6. The third kappa shape index (κ3) is 7.52. The molecule has 0 aliphatic carbocycles. The molecule has 1 aliphatic rings. The van der Waals surface area contributed by atoms with E-state index < -0.39 is 0 Å². The summed E-state index contributed by atoms with van der Waals surface area (Å²) in [6.07, 6.45) is 9.64. The number of aromatic nitrogens is 2. The highest BCUT2D eigenvalue weighted by molar-refractivity contribution is 5.90. The van der Waals surface area contributed by atoms with Gasteiger partial charge in [0.25, 0.3) is 0 Å². The maximum Gasteiger partial charge on any atom is 0.319 e. The topological polar surface area (TPSA) is 99.2 Å². The number of benzene rings is 2. The van der Waals surface area contributed by atoms with Crippen molar-refractivity contribution in [1.82, 2.24) is 25.5 Å². The normalized spacial score (nSPS) is 13.0. The number of urea groups is 2. The Morgan fingerprint density at radius 1 is 0.929 bits per heavy atom. The summed E-state index contributed by atoms with van der Waals surface area (Å²) < 4.78 is 0. The van der Waals surface area contributed by atoms with Crippen molar-refractivity contribution in [3.8, 4) is 23.0 Å². The van der Waals surface area contributed by atoms with E-state index in [2.05, 4.69) is 62.0 Å². The number of pyridine rings is 2. The molecular weight excluding hydrogens is 524 g/mol. The van der Waals surface area contributed by atoms with Gasteiger partial charge in [-0.2, -0.15) is 0 Å². The first-order valence-electron chi connectivity index (χ1n) is 14.2. The van der Waals surface area contributed by atoms with E-state index in [1.165, 1.54) is 5.56 Å². The van der Waals surface area contributed by atoms with Crippen LogP contribution < -0.4 is 16.0 Å². The molecule has 3 N–H and O–H groups in total. The average molecular weight is 559 g/mol. The molecule has 0 radical (unpaired) electrons. The second-order valence-corrected chi connectivity index (χ2v) is 10.2. The van der Waals surface area contributed by atoms with Crippen LogP contribution in [-0.2, 0) is 6.42 Å². The van der Waals surface area contributed by atoms with Gasteiger partial charge in [0.05, 0.1) is 0 Å². The second kappa shape index (κ2) is 14.0. The summed E-state index contributed by atoms with van der Waals surface area (Å²) in [6.45, 7) is 2.02. The fraction of sp³-hybridized carbons (Fsp3) is 0.235. The molecule has 2 aromatic carbocycles. The standard InChI is InChI=1S/C34H34N6O2/c1-35-34(42)40-21-15-28(16-22-40)27-7-4-25(5-8-27)6-9-30-23-31(10-11-32(30)29-13-18-36-19-14-29)39-33(41)38-20-12-26-3-2-17-37-24-26/h2-5,7-8,10-11,13-14,17-19,23-24,28H,12,15-16,20-22H2,1H3,(H,35,42)(H2,38,39,41). The number of amides is 4. The van der Waals surface area contributed by atoms with Crippen LogP contribution in [0.2, 0.25) is 0 Å². The van der Waals surface area contributed by atoms with Gasteiger partial charge in [0.15, 0.2) is 0 Å². The van der Waals surface area contributed by atoms with Crippen molar-refractivity contribution in [3.05, 3.63) is 114 Å². The third-order valence-corrected chi connectivity index (χ3v) is 7.41. The number of anilines is 1. The van der Waals surface area contributed by atoms with Crippen LogP contribution in [0.25, 0.3) is 11.1 Å². The Balaban J connectivity index is 1.27. The van der Waals surface area contributed by atoms with E-state index in [1.807, 2.05) is 47.4 Å². The summed E-state index contributed by atoms with van der Waals surface area (Å²) in [6, 6.07) is 21.6. The van der Waals surface area contributed by atoms with Gasteiger partial charge in [0, 0.05) is 68.3 Å². The molecule has 4 amide bonds. The van der Waals surface area contributed by atoms with Gasteiger partial charge in [-0.3, -0.25) is 9.97 Å².